The van der Waals surface area contributed by atoms with Crippen LogP contribution >= 0.6 is 0 Å². The first-order valence-corrected chi connectivity index (χ1v) is 28.5. The van der Waals surface area contributed by atoms with Crippen molar-refractivity contribution in [3.05, 3.63) is 46.1 Å². The summed E-state index contributed by atoms with van der Waals surface area (Å²) in [7, 11) is 2.67. The Bertz CT molecular complexity index is 2460. The number of carbonyl (C=O) groups is 4. The van der Waals surface area contributed by atoms with E-state index < -0.39 is 200 Å². The van der Waals surface area contributed by atoms with Gasteiger partial charge in [0, 0.05) is 77.6 Å². The number of ketones is 2. The van der Waals surface area contributed by atoms with Crippen LogP contribution in [0.25, 0.3) is 0 Å². The Morgan fingerprint density at radius 1 is 0.687 bits per heavy atom. The van der Waals surface area contributed by atoms with Gasteiger partial charge in [-0.1, -0.05) is 6.08 Å². The molecule has 5 aliphatic heterocycles. The minimum atomic E-state index is -1.94. The third-order valence-corrected chi connectivity index (χ3v) is 17.0. The van der Waals surface area contributed by atoms with Crippen LogP contribution in [-0.2, 0) is 85.5 Å². The lowest BCUT2D eigenvalue weighted by Crippen LogP contribution is -2.59. The molecule has 0 spiro atoms. The Balaban J connectivity index is 1.03. The summed E-state index contributed by atoms with van der Waals surface area (Å²) in [6.45, 7) is 14.9. The van der Waals surface area contributed by atoms with Crippen LogP contribution in [0.15, 0.2) is 46.1 Å². The largest absolute Gasteiger partial charge is 0.509 e. The van der Waals surface area contributed by atoms with Gasteiger partial charge in [-0.2, -0.15) is 0 Å². The lowest BCUT2D eigenvalue weighted by molar-refractivity contribution is -0.335. The monoisotopic (exact) mass is 1180 g/mol. The smallest absolute Gasteiger partial charge is 0.303 e. The van der Waals surface area contributed by atoms with Crippen molar-refractivity contribution in [2.24, 2.45) is 17.8 Å². The molecule has 5 fully saturated rings. The summed E-state index contributed by atoms with van der Waals surface area (Å²) < 4.78 is 84.4. The quantitative estimate of drug-likeness (QED) is 0.0903. The van der Waals surface area contributed by atoms with E-state index in [0.717, 1.165) is 0 Å². The van der Waals surface area contributed by atoms with Gasteiger partial charge in [-0.3, -0.25) is 19.2 Å². The Hall–Kier alpha value is -4.04. The van der Waals surface area contributed by atoms with Crippen molar-refractivity contribution in [2.45, 2.75) is 255 Å². The van der Waals surface area contributed by atoms with Crippen molar-refractivity contribution >= 4 is 23.5 Å². The summed E-state index contributed by atoms with van der Waals surface area (Å²) in [5.41, 5.74) is -1.59. The molecule has 8 N–H and O–H groups in total. The predicted molar refractivity (Wildman–Crippen MR) is 281 cm³/mol. The zero-order valence-corrected chi connectivity index (χ0v) is 48.8. The van der Waals surface area contributed by atoms with Gasteiger partial charge in [0.1, 0.15) is 65.6 Å². The van der Waals surface area contributed by atoms with Crippen molar-refractivity contribution in [2.75, 3.05) is 14.2 Å². The predicted octanol–water partition coefficient (Wildman–Crippen LogP) is 1.56. The van der Waals surface area contributed by atoms with Crippen molar-refractivity contribution < 1.29 is 126 Å². The molecule has 0 aromatic heterocycles. The fraction of sp³-hybridized carbons (Fsp3) is 0.789. The first-order chi connectivity index (χ1) is 39.0. The third-order valence-electron chi connectivity index (χ3n) is 17.0. The molecule has 83 heavy (non-hydrogen) atoms. The van der Waals surface area contributed by atoms with Gasteiger partial charge in [0.2, 0.25) is 6.29 Å². The van der Waals surface area contributed by atoms with Gasteiger partial charge in [-0.05, 0) is 73.5 Å². The van der Waals surface area contributed by atoms with Crippen molar-refractivity contribution in [1.29, 1.82) is 0 Å². The van der Waals surface area contributed by atoms with Gasteiger partial charge in [0.05, 0.1) is 66.4 Å². The molecule has 8 rings (SSSR count). The average Bonchev–Trinajstić information content (AvgIpc) is 3.57. The maximum Gasteiger partial charge on any atom is 0.303 e. The molecule has 0 amide bonds. The number of aliphatic hydroxyl groups excluding tert-OH is 7. The summed E-state index contributed by atoms with van der Waals surface area (Å²) in [5.74, 6) is -6.91. The summed E-state index contributed by atoms with van der Waals surface area (Å²) >= 11 is 0. The number of hydrogen-bond donors (Lipinski definition) is 8. The fourth-order valence-electron chi connectivity index (χ4n) is 12.8. The summed E-state index contributed by atoms with van der Waals surface area (Å²) in [4.78, 5) is 52.6. The first-order valence-electron chi connectivity index (χ1n) is 28.5. The van der Waals surface area contributed by atoms with E-state index in [1.54, 1.807) is 53.7 Å². The number of rotatable bonds is 18. The Morgan fingerprint density at radius 3 is 1.78 bits per heavy atom. The van der Waals surface area contributed by atoms with Gasteiger partial charge in [0.15, 0.2) is 48.9 Å². The van der Waals surface area contributed by atoms with E-state index in [9.17, 15) is 60.0 Å². The second-order valence-corrected chi connectivity index (χ2v) is 23.4. The molecule has 0 aromatic carbocycles. The second kappa shape index (κ2) is 26.5. The SMILES string of the molecule is COC(C(=O)C(O)C(C)O)C1CC2C=C3C=C(OC4CC(OC5CC(O)C(OC)C(C)O5)C(OC(C)=O)C(C)O4)C(C)C(=O)C3=C(O)C2=C(O)C1OC1CC(OC2CC(OC3CC(C)(O)C(OC(C)=O)C(C)O3)C(O)C(C)O2)C(O)C(C)O1. The molecule has 5 saturated heterocycles. The minimum absolute atomic E-state index is 0.0187. The van der Waals surface area contributed by atoms with Crippen molar-refractivity contribution in [1.82, 2.24) is 0 Å². The van der Waals surface area contributed by atoms with Crippen LogP contribution < -0.4 is 0 Å². The van der Waals surface area contributed by atoms with Crippen LogP contribution in [-0.4, -0.2) is 225 Å². The topological polar surface area (TPSA) is 359 Å². The Labute approximate surface area is 481 Å². The molecule has 468 valence electrons. The minimum Gasteiger partial charge on any atom is -0.509 e. The molecule has 3 aliphatic carbocycles. The van der Waals surface area contributed by atoms with Crippen molar-refractivity contribution in [3.63, 3.8) is 0 Å². The van der Waals surface area contributed by atoms with E-state index in [2.05, 4.69) is 0 Å². The molecule has 27 unspecified atom stereocenters. The normalized spacial score (nSPS) is 43.4. The lowest BCUT2D eigenvalue weighted by atomic mass is 9.68. The molecule has 0 aromatic rings. The van der Waals surface area contributed by atoms with Crippen LogP contribution in [0.5, 0.6) is 0 Å². The average molecular weight is 1190 g/mol. The van der Waals surface area contributed by atoms with Crippen LogP contribution in [0.1, 0.15) is 108 Å². The van der Waals surface area contributed by atoms with Crippen molar-refractivity contribution in [3.8, 4) is 0 Å². The second-order valence-electron chi connectivity index (χ2n) is 23.4. The van der Waals surface area contributed by atoms with E-state index in [0.29, 0.717) is 0 Å². The molecule has 5 heterocycles. The van der Waals surface area contributed by atoms with E-state index in [1.165, 1.54) is 41.9 Å². The third kappa shape index (κ3) is 14.0. The highest BCUT2D eigenvalue weighted by atomic mass is 16.7. The van der Waals surface area contributed by atoms with Crippen LogP contribution in [0.2, 0.25) is 0 Å². The molecular formula is C57H84O26. The molecular weight excluding hydrogens is 1100 g/mol. The fourth-order valence-corrected chi connectivity index (χ4v) is 12.8. The Kier molecular flexibility index (Phi) is 20.7. The molecule has 0 radical (unpaired) electrons. The Morgan fingerprint density at radius 2 is 1.22 bits per heavy atom. The molecule has 27 atom stereocenters. The number of Topliss-reactive ketones (excluding diaryl/α,β-unsaturated/α-hetero) is 2. The highest BCUT2D eigenvalue weighted by Crippen LogP contribution is 2.49. The molecule has 26 nitrogen and oxygen atoms in total. The summed E-state index contributed by atoms with van der Waals surface area (Å²) in [6, 6.07) is 0. The summed E-state index contributed by atoms with van der Waals surface area (Å²) in [6.07, 6.45) is -22.2. The standard InChI is InChI=1S/C57H84O26/c1-21-34(79-40-19-37(53(26(6)75-40)77-28(8)59)82-38-16-33(61)52(70-11)25(5)74-38)15-31-13-30-14-32(54(71-12)51(68)46(63)22(2)58)55(50(67)44(30)49(66)43(31)45(21)62)83-41-18-35(47(64)24(4)73-41)80-39-17-36(48(65)23(3)72-39)81-42-20-57(10,69)56(27(7)76-42)78-29(9)60/h13,15,21-27,30,32-33,35-42,46-48,52-56,58,61,63-67,69H,14,16-20H2,1-12H3. The number of hydrogen-bond acceptors (Lipinski definition) is 26. The maximum absolute atomic E-state index is 14.5. The van der Waals surface area contributed by atoms with Gasteiger partial charge in [0.25, 0.3) is 0 Å². The number of aliphatic hydroxyl groups is 8. The van der Waals surface area contributed by atoms with E-state index in [1.807, 2.05) is 0 Å². The van der Waals surface area contributed by atoms with E-state index in [4.69, 9.17) is 66.3 Å². The van der Waals surface area contributed by atoms with Crippen LogP contribution in [0, 0.1) is 17.8 Å². The van der Waals surface area contributed by atoms with Crippen LogP contribution in [0.4, 0.5) is 0 Å². The number of esters is 2. The highest BCUT2D eigenvalue weighted by molar-refractivity contribution is 6.06. The van der Waals surface area contributed by atoms with E-state index in [-0.39, 0.29) is 61.0 Å². The number of allylic oxidation sites excluding steroid dienone is 6. The highest BCUT2D eigenvalue weighted by Gasteiger charge is 2.54. The number of ether oxygens (including phenoxy) is 14. The molecule has 0 saturated carbocycles. The first kappa shape index (κ1) is 64.9. The zero-order chi connectivity index (χ0) is 60.8. The van der Waals surface area contributed by atoms with Crippen LogP contribution in [0.3, 0.4) is 0 Å². The lowest BCUT2D eigenvalue weighted by Gasteiger charge is -2.47. The van der Waals surface area contributed by atoms with Gasteiger partial charge < -0.3 is 107 Å². The van der Waals surface area contributed by atoms with E-state index >= 15 is 0 Å². The molecule has 26 heteroatoms. The number of methoxy groups -OCH3 is 2. The summed E-state index contributed by atoms with van der Waals surface area (Å²) in [5, 5.41) is 90.7. The van der Waals surface area contributed by atoms with Gasteiger partial charge in [-0.25, -0.2) is 0 Å². The molecule has 8 aliphatic rings. The zero-order valence-electron chi connectivity index (χ0n) is 48.8. The number of fused-ring (bicyclic) bond motifs is 2. The van der Waals surface area contributed by atoms with Gasteiger partial charge >= 0.3 is 11.9 Å². The molecule has 0 bridgehead atoms. The maximum atomic E-state index is 14.5. The number of carbonyl (C=O) groups excluding carboxylic acids is 4. The van der Waals surface area contributed by atoms with Gasteiger partial charge in [-0.15, -0.1) is 0 Å².